The van der Waals surface area contributed by atoms with Gasteiger partial charge in [0.15, 0.2) is 12.4 Å². The van der Waals surface area contributed by atoms with Crippen molar-refractivity contribution < 1.29 is 64.9 Å². The van der Waals surface area contributed by atoms with Gasteiger partial charge in [0.1, 0.15) is 40.5 Å². The maximum absolute atomic E-state index is 14.8. The van der Waals surface area contributed by atoms with Crippen molar-refractivity contribution in [3.8, 4) is 11.4 Å². The molecule has 0 saturated carbocycles. The number of carbonyl (C=O) groups is 3. The number of alkyl halides is 6. The standard InChI is InChI=1S/C25H18Cl2FN7O2.2C2HF3O2/c26-18-10-20-24(36)30-12-16(35(20)22(18)27)8-14-3-4-19(28)17(9-14)25(37)33-6-7-34-21(13-33)31-32-23(34)15-2-1-5-29-11-15;2*3-2(4,5)1(6)7/h1-5,9-12H,6-8,13H2,(H,30,36);2*(H,6,7). The summed E-state index contributed by atoms with van der Waals surface area (Å²) in [6, 6.07) is 9.75. The van der Waals surface area contributed by atoms with E-state index in [4.69, 9.17) is 43.0 Å². The largest absolute Gasteiger partial charge is 0.542 e. The summed E-state index contributed by atoms with van der Waals surface area (Å²) in [5.74, 6) is -5.51. The molecule has 5 heterocycles. The van der Waals surface area contributed by atoms with Crippen LogP contribution in [0, 0.1) is 5.82 Å². The van der Waals surface area contributed by atoms with Crippen molar-refractivity contribution in [2.75, 3.05) is 6.54 Å². The first-order valence-corrected chi connectivity index (χ1v) is 14.7. The molecule has 1 aliphatic rings. The van der Waals surface area contributed by atoms with Gasteiger partial charge in [-0.15, -0.1) is 5.10 Å². The fraction of sp³-hybridized carbons (Fsp3) is 0.207. The lowest BCUT2D eigenvalue weighted by molar-refractivity contribution is -0.700. The molecule has 5 aromatic rings. The molecule has 22 heteroatoms. The van der Waals surface area contributed by atoms with Crippen LogP contribution in [0.25, 0.3) is 16.9 Å². The molecule has 0 spiro atoms. The highest BCUT2D eigenvalue weighted by Gasteiger charge is 2.32. The number of hydrogen-bond acceptors (Lipinski definition) is 7. The van der Waals surface area contributed by atoms with Crippen LogP contribution in [0.4, 0.5) is 30.7 Å². The van der Waals surface area contributed by atoms with E-state index in [0.717, 1.165) is 17.2 Å². The van der Waals surface area contributed by atoms with Crippen LogP contribution < -0.4 is 25.3 Å². The Kier molecular flexibility index (Phi) is 11.4. The van der Waals surface area contributed by atoms with Gasteiger partial charge in [0.2, 0.25) is 0 Å². The second-order valence-electron chi connectivity index (χ2n) is 10.3. The molecule has 3 N–H and O–H groups in total. The highest BCUT2D eigenvalue weighted by molar-refractivity contribution is 6.42. The second-order valence-corrected chi connectivity index (χ2v) is 11.1. The third kappa shape index (κ3) is 9.00. The number of nitrogens with zero attached hydrogens (tertiary/aromatic N) is 4. The molecular weight excluding hydrogens is 746 g/mol. The lowest BCUT2D eigenvalue weighted by atomic mass is 10.0. The molecule has 0 unspecified atom stereocenters. The Bertz CT molecular complexity index is 2130. The molecule has 1 aliphatic heterocycles. The molecule has 0 bridgehead atoms. The van der Waals surface area contributed by atoms with Crippen LogP contribution in [0.3, 0.4) is 0 Å². The van der Waals surface area contributed by atoms with Crippen molar-refractivity contribution in [1.29, 1.82) is 0 Å². The Morgan fingerprint density at radius 3 is 2.25 bits per heavy atom. The molecular formula is C29H20Cl2F7N7O6. The first kappa shape index (κ1) is 38.3. The number of carboxylic acids is 2. The van der Waals surface area contributed by atoms with Crippen LogP contribution in [-0.4, -0.2) is 61.2 Å². The third-order valence-corrected chi connectivity index (χ3v) is 7.71. The number of fused-ring (bicyclic) bond motifs is 2. The van der Waals surface area contributed by atoms with Gasteiger partial charge in [-0.05, 0) is 29.8 Å². The predicted octanol–water partition coefficient (Wildman–Crippen LogP) is 1.41. The number of H-pyrrole nitrogens is 3. The zero-order valence-electron chi connectivity index (χ0n) is 25.2. The Morgan fingerprint density at radius 2 is 1.67 bits per heavy atom. The van der Waals surface area contributed by atoms with Crippen molar-refractivity contribution in [3.05, 3.63) is 104 Å². The molecule has 0 aliphatic carbocycles. The van der Waals surface area contributed by atoms with E-state index >= 15 is 0 Å². The van der Waals surface area contributed by atoms with Gasteiger partial charge in [-0.1, -0.05) is 29.3 Å². The van der Waals surface area contributed by atoms with Gasteiger partial charge in [-0.25, -0.2) is 13.9 Å². The average Bonchev–Trinajstić information content (AvgIpc) is 3.63. The summed E-state index contributed by atoms with van der Waals surface area (Å²) >= 11 is 12.5. The van der Waals surface area contributed by atoms with Crippen molar-refractivity contribution in [2.24, 2.45) is 0 Å². The first-order chi connectivity index (χ1) is 23.8. The van der Waals surface area contributed by atoms with Gasteiger partial charge in [-0.2, -0.15) is 26.3 Å². The van der Waals surface area contributed by atoms with E-state index in [2.05, 4.69) is 20.2 Å². The van der Waals surface area contributed by atoms with Crippen LogP contribution >= 0.6 is 23.2 Å². The van der Waals surface area contributed by atoms with Crippen LogP contribution in [0.2, 0.25) is 10.2 Å². The summed E-state index contributed by atoms with van der Waals surface area (Å²) in [5, 5.41) is 25.5. The van der Waals surface area contributed by atoms with Crippen molar-refractivity contribution in [3.63, 3.8) is 0 Å². The molecule has 1 aromatic carbocycles. The summed E-state index contributed by atoms with van der Waals surface area (Å²) in [6.07, 6.45) is -4.89. The van der Waals surface area contributed by atoms with Crippen molar-refractivity contribution >= 4 is 46.6 Å². The number of aliphatic carboxylic acids is 2. The van der Waals surface area contributed by atoms with Crippen LogP contribution in [-0.2, 0) is 29.1 Å². The highest BCUT2D eigenvalue weighted by atomic mass is 35.5. The monoisotopic (exact) mass is 765 g/mol. The molecule has 0 fully saturated rings. The number of hydrogen-bond donors (Lipinski definition) is 2. The van der Waals surface area contributed by atoms with E-state index in [0.29, 0.717) is 29.9 Å². The number of halogens is 9. The van der Waals surface area contributed by atoms with Gasteiger partial charge in [-0.3, -0.25) is 14.0 Å². The summed E-state index contributed by atoms with van der Waals surface area (Å²) in [7, 11) is 0. The Hall–Kier alpha value is -5.50. The van der Waals surface area contributed by atoms with E-state index in [-0.39, 0.29) is 34.3 Å². The number of nitrogens with one attached hydrogen (secondary N) is 3. The normalized spacial score (nSPS) is 12.7. The number of rotatable bonds is 4. The van der Waals surface area contributed by atoms with Gasteiger partial charge < -0.3 is 29.7 Å². The van der Waals surface area contributed by atoms with Crippen LogP contribution in [0.1, 0.15) is 27.4 Å². The number of aromatic amines is 3. The molecule has 4 aromatic heterocycles. The van der Waals surface area contributed by atoms with E-state index < -0.39 is 36.0 Å². The minimum Gasteiger partial charge on any atom is -0.542 e. The van der Waals surface area contributed by atoms with Gasteiger partial charge in [0, 0.05) is 29.5 Å². The van der Waals surface area contributed by atoms with E-state index in [1.54, 1.807) is 15.4 Å². The Balaban J connectivity index is 0.000000353. The quantitative estimate of drug-likeness (QED) is 0.205. The lowest BCUT2D eigenvalue weighted by Gasteiger charge is -2.25. The smallest absolute Gasteiger partial charge is 0.430 e. The average molecular weight is 766 g/mol. The molecule has 1 amide bonds. The fourth-order valence-electron chi connectivity index (χ4n) is 4.68. The van der Waals surface area contributed by atoms with Gasteiger partial charge >= 0.3 is 18.2 Å². The van der Waals surface area contributed by atoms with Gasteiger partial charge in [0.25, 0.3) is 17.3 Å². The molecule has 0 radical (unpaired) electrons. The number of pyridine rings is 1. The van der Waals surface area contributed by atoms with Crippen LogP contribution in [0.5, 0.6) is 0 Å². The zero-order chi connectivity index (χ0) is 37.8. The molecule has 51 heavy (non-hydrogen) atoms. The van der Waals surface area contributed by atoms with E-state index in [1.165, 1.54) is 24.4 Å². The zero-order valence-corrected chi connectivity index (χ0v) is 26.7. The maximum Gasteiger partial charge on any atom is 0.430 e. The molecule has 0 atom stereocenters. The van der Waals surface area contributed by atoms with E-state index in [1.807, 2.05) is 29.1 Å². The lowest BCUT2D eigenvalue weighted by Crippen LogP contribution is -2.52. The number of amides is 1. The Morgan fingerprint density at radius 1 is 1.02 bits per heavy atom. The molecule has 270 valence electrons. The summed E-state index contributed by atoms with van der Waals surface area (Å²) in [5.41, 5.74) is 2.18. The number of carbonyl (C=O) groups excluding carboxylic acids is 3. The Labute approximate surface area is 289 Å². The maximum atomic E-state index is 14.8. The minimum absolute atomic E-state index is 0.0272. The molecule has 6 rings (SSSR count). The molecule has 13 nitrogen and oxygen atoms in total. The summed E-state index contributed by atoms with van der Waals surface area (Å²) in [6.45, 7) is 1.19. The minimum atomic E-state index is -5.19. The van der Waals surface area contributed by atoms with Crippen molar-refractivity contribution in [2.45, 2.75) is 31.9 Å². The summed E-state index contributed by atoms with van der Waals surface area (Å²) in [4.78, 5) is 50.4. The number of benzene rings is 1. The SMILES string of the molecule is O=C([O-])C(F)(F)F.O=C([O-])C(F)(F)F.O=C(c1cc(Cc2c[nH]c(=O)c3cc(Cl)c(Cl)n23)ccc1F)N1CC[n+]2c(-c3ccc[nH+]c3)n[nH]c2C1. The predicted molar refractivity (Wildman–Crippen MR) is 155 cm³/mol. The van der Waals surface area contributed by atoms with Crippen molar-refractivity contribution in [1.82, 2.24) is 24.5 Å². The highest BCUT2D eigenvalue weighted by Crippen LogP contribution is 2.27. The molecule has 0 saturated heterocycles. The first-order valence-electron chi connectivity index (χ1n) is 13.9. The topological polar surface area (TPSA) is 185 Å². The second kappa shape index (κ2) is 15.2. The number of carboxylic acid groups (broad SMARTS) is 2. The fourth-order valence-corrected chi connectivity index (χ4v) is 5.12. The van der Waals surface area contributed by atoms with E-state index in [9.17, 15) is 40.3 Å². The van der Waals surface area contributed by atoms with Gasteiger partial charge in [0.05, 0.1) is 23.7 Å². The number of aromatic nitrogens is 6. The summed E-state index contributed by atoms with van der Waals surface area (Å²) < 4.78 is 81.5. The third-order valence-electron chi connectivity index (χ3n) is 6.96. The van der Waals surface area contributed by atoms with Crippen LogP contribution in [0.15, 0.2) is 59.8 Å².